The van der Waals surface area contributed by atoms with Gasteiger partial charge in [-0.05, 0) is 95.3 Å². The number of hydrogen-bond acceptors (Lipinski definition) is 5. The molecule has 0 aliphatic carbocycles. The third-order valence-electron chi connectivity index (χ3n) is 7.21. The quantitative estimate of drug-likeness (QED) is 0.498. The molecule has 6 nitrogen and oxygen atoms in total. The van der Waals surface area contributed by atoms with Crippen LogP contribution >= 0.6 is 0 Å². The van der Waals surface area contributed by atoms with Crippen molar-refractivity contribution in [2.75, 3.05) is 26.2 Å². The van der Waals surface area contributed by atoms with Gasteiger partial charge in [-0.2, -0.15) is 0 Å². The van der Waals surface area contributed by atoms with Crippen LogP contribution in [0.2, 0.25) is 0 Å². The second kappa shape index (κ2) is 10.9. The fraction of sp³-hybridized carbons (Fsp3) is 0.536. The van der Waals surface area contributed by atoms with E-state index in [0.29, 0.717) is 24.8 Å². The lowest BCUT2D eigenvalue weighted by Crippen LogP contribution is -2.42. The molecule has 1 amide bonds. The minimum absolute atomic E-state index is 0.000194. The molecule has 0 spiro atoms. The Morgan fingerprint density at radius 2 is 1.83 bits per heavy atom. The van der Waals surface area contributed by atoms with Crippen molar-refractivity contribution in [2.45, 2.75) is 70.9 Å². The summed E-state index contributed by atoms with van der Waals surface area (Å²) in [5.74, 6) is 1.66. The molecular formula is C28H37FN4O2. The fourth-order valence-corrected chi connectivity index (χ4v) is 5.25. The molecule has 0 radical (unpaired) electrons. The Morgan fingerprint density at radius 1 is 1.11 bits per heavy atom. The first-order valence-electron chi connectivity index (χ1n) is 12.8. The van der Waals surface area contributed by atoms with E-state index in [9.17, 15) is 9.18 Å². The smallest absolute Gasteiger partial charge is 0.260 e. The number of aliphatic imine (C=N–C) groups is 1. The molecule has 0 unspecified atom stereocenters. The lowest BCUT2D eigenvalue weighted by molar-refractivity contribution is -0.131. The molecule has 7 heteroatoms. The summed E-state index contributed by atoms with van der Waals surface area (Å²) in [5.41, 5.74) is 1.11. The van der Waals surface area contributed by atoms with Crippen molar-refractivity contribution in [3.63, 3.8) is 0 Å². The van der Waals surface area contributed by atoms with Crippen LogP contribution in [0, 0.1) is 5.82 Å². The van der Waals surface area contributed by atoms with Crippen molar-refractivity contribution >= 4 is 11.7 Å². The molecule has 1 fully saturated rings. The van der Waals surface area contributed by atoms with Gasteiger partial charge in [0.05, 0.1) is 6.10 Å². The Hall–Kier alpha value is -2.80. The van der Waals surface area contributed by atoms with Crippen LogP contribution in [0.3, 0.4) is 0 Å². The number of halogens is 1. The molecule has 1 saturated heterocycles. The molecule has 3 heterocycles. The van der Waals surface area contributed by atoms with Gasteiger partial charge in [-0.25, -0.2) is 9.37 Å². The number of pyridine rings is 1. The van der Waals surface area contributed by atoms with Crippen molar-refractivity contribution in [2.24, 2.45) is 4.99 Å². The van der Waals surface area contributed by atoms with Gasteiger partial charge >= 0.3 is 0 Å². The molecule has 1 aromatic carbocycles. The number of aromatic nitrogens is 1. The van der Waals surface area contributed by atoms with Crippen molar-refractivity contribution in [3.8, 4) is 5.88 Å². The number of benzene rings is 1. The molecule has 2 aliphatic rings. The minimum atomic E-state index is -0.931. The molecule has 188 valence electrons. The van der Waals surface area contributed by atoms with Crippen LogP contribution in [0.5, 0.6) is 5.88 Å². The van der Waals surface area contributed by atoms with E-state index >= 15 is 0 Å². The normalized spacial score (nSPS) is 21.6. The molecule has 2 aliphatic heterocycles. The Morgan fingerprint density at radius 3 is 2.43 bits per heavy atom. The highest BCUT2D eigenvalue weighted by Crippen LogP contribution is 2.37. The summed E-state index contributed by atoms with van der Waals surface area (Å²) in [6.07, 6.45) is 5.76. The van der Waals surface area contributed by atoms with Crippen LogP contribution in [-0.4, -0.2) is 58.8 Å². The minimum Gasteiger partial charge on any atom is -0.475 e. The number of hydrogen-bond donors (Lipinski definition) is 0. The molecule has 2 aromatic rings. The number of likely N-dealkylation sites (tertiary alicyclic amines) is 1. The summed E-state index contributed by atoms with van der Waals surface area (Å²) in [6.45, 7) is 11.6. The van der Waals surface area contributed by atoms with Crippen LogP contribution in [0.15, 0.2) is 47.6 Å². The maximum atomic E-state index is 13.4. The standard InChI is InChI=1S/C28H37FN4O2/c1-5-28(24-8-10-25(29)11-9-24)27(34)33(21(4)31-28)16-6-15-32-17-13-22(14-18-32)23-7-12-26(30-19-23)35-20(2)3/h7-12,19-20,22H,5-6,13-18H2,1-4H3/t28-/m1/s1. The van der Waals surface area contributed by atoms with Gasteiger partial charge in [0.1, 0.15) is 11.7 Å². The zero-order valence-corrected chi connectivity index (χ0v) is 21.3. The second-order valence-electron chi connectivity index (χ2n) is 9.90. The van der Waals surface area contributed by atoms with Gasteiger partial charge in [-0.3, -0.25) is 14.7 Å². The highest BCUT2D eigenvalue weighted by molar-refractivity contribution is 6.07. The van der Waals surface area contributed by atoms with Gasteiger partial charge < -0.3 is 9.64 Å². The monoisotopic (exact) mass is 480 g/mol. The van der Waals surface area contributed by atoms with Crippen molar-refractivity contribution in [1.29, 1.82) is 0 Å². The Balaban J connectivity index is 1.27. The van der Waals surface area contributed by atoms with E-state index in [1.807, 2.05) is 44.9 Å². The molecule has 1 atom stereocenters. The Kier molecular flexibility index (Phi) is 7.85. The predicted octanol–water partition coefficient (Wildman–Crippen LogP) is 5.14. The molecule has 0 bridgehead atoms. The number of piperidine rings is 1. The van der Waals surface area contributed by atoms with Crippen LogP contribution in [-0.2, 0) is 10.3 Å². The highest BCUT2D eigenvalue weighted by Gasteiger charge is 2.46. The number of amides is 1. The average molecular weight is 481 g/mol. The first-order chi connectivity index (χ1) is 16.8. The summed E-state index contributed by atoms with van der Waals surface area (Å²) < 4.78 is 19.1. The van der Waals surface area contributed by atoms with Gasteiger partial charge in [-0.1, -0.05) is 25.1 Å². The van der Waals surface area contributed by atoms with Crippen LogP contribution in [0.25, 0.3) is 0 Å². The molecule has 1 aromatic heterocycles. The third kappa shape index (κ3) is 5.56. The van der Waals surface area contributed by atoms with E-state index in [0.717, 1.165) is 50.3 Å². The lowest BCUT2D eigenvalue weighted by Gasteiger charge is -2.32. The largest absolute Gasteiger partial charge is 0.475 e. The van der Waals surface area contributed by atoms with E-state index in [1.165, 1.54) is 17.7 Å². The maximum absolute atomic E-state index is 13.4. The van der Waals surface area contributed by atoms with Gasteiger partial charge in [0.2, 0.25) is 5.88 Å². The molecule has 35 heavy (non-hydrogen) atoms. The van der Waals surface area contributed by atoms with Gasteiger partial charge in [0.15, 0.2) is 5.54 Å². The summed E-state index contributed by atoms with van der Waals surface area (Å²) >= 11 is 0. The first-order valence-corrected chi connectivity index (χ1v) is 12.8. The third-order valence-corrected chi connectivity index (χ3v) is 7.21. The topological polar surface area (TPSA) is 58.0 Å². The number of rotatable bonds is 9. The number of amidine groups is 1. The first kappa shape index (κ1) is 25.3. The van der Waals surface area contributed by atoms with E-state index in [-0.39, 0.29) is 17.8 Å². The predicted molar refractivity (Wildman–Crippen MR) is 136 cm³/mol. The Labute approximate surface area is 208 Å². The van der Waals surface area contributed by atoms with Gasteiger partial charge in [0.25, 0.3) is 5.91 Å². The number of nitrogens with zero attached hydrogens (tertiary/aromatic N) is 4. The second-order valence-corrected chi connectivity index (χ2v) is 9.90. The van der Waals surface area contributed by atoms with Crippen molar-refractivity contribution in [1.82, 2.24) is 14.8 Å². The summed E-state index contributed by atoms with van der Waals surface area (Å²) in [4.78, 5) is 26.9. The van der Waals surface area contributed by atoms with Crippen molar-refractivity contribution < 1.29 is 13.9 Å². The van der Waals surface area contributed by atoms with E-state index < -0.39 is 5.54 Å². The van der Waals surface area contributed by atoms with E-state index in [4.69, 9.17) is 9.73 Å². The highest BCUT2D eigenvalue weighted by atomic mass is 19.1. The summed E-state index contributed by atoms with van der Waals surface area (Å²) in [5, 5.41) is 0. The zero-order chi connectivity index (χ0) is 25.0. The van der Waals surface area contributed by atoms with Crippen molar-refractivity contribution in [3.05, 3.63) is 59.5 Å². The van der Waals surface area contributed by atoms with E-state index in [1.54, 1.807) is 12.1 Å². The number of carbonyl (C=O) groups excluding carboxylic acids is 1. The van der Waals surface area contributed by atoms with Crippen LogP contribution in [0.4, 0.5) is 4.39 Å². The molecular weight excluding hydrogens is 443 g/mol. The van der Waals surface area contributed by atoms with Crippen LogP contribution < -0.4 is 4.74 Å². The fourth-order valence-electron chi connectivity index (χ4n) is 5.25. The van der Waals surface area contributed by atoms with E-state index in [2.05, 4.69) is 16.0 Å². The van der Waals surface area contributed by atoms with Gasteiger partial charge in [-0.15, -0.1) is 0 Å². The van der Waals surface area contributed by atoms with Crippen LogP contribution in [0.1, 0.15) is 70.4 Å². The Bertz CT molecular complexity index is 1030. The SMILES string of the molecule is CC[C@]1(c2ccc(F)cc2)N=C(C)N(CCCN2CCC(c3ccc(OC(C)C)nc3)CC2)C1=O. The number of carbonyl (C=O) groups is 1. The lowest BCUT2D eigenvalue weighted by atomic mass is 9.87. The maximum Gasteiger partial charge on any atom is 0.260 e. The zero-order valence-electron chi connectivity index (χ0n) is 21.3. The van der Waals surface area contributed by atoms with Gasteiger partial charge in [0, 0.05) is 18.8 Å². The summed E-state index contributed by atoms with van der Waals surface area (Å²) in [7, 11) is 0. The number of ether oxygens (including phenoxy) is 1. The average Bonchev–Trinajstić information content (AvgIpc) is 3.10. The molecule has 0 saturated carbocycles. The molecule has 0 N–H and O–H groups in total. The molecule has 4 rings (SSSR count). The summed E-state index contributed by atoms with van der Waals surface area (Å²) in [6, 6.07) is 10.3.